The molecular weight excluding hydrogens is 392 g/mol. The third-order valence-electron chi connectivity index (χ3n) is 5.13. The van der Waals surface area contributed by atoms with E-state index in [0.29, 0.717) is 11.4 Å². The summed E-state index contributed by atoms with van der Waals surface area (Å²) in [7, 11) is 0. The minimum absolute atomic E-state index is 0.105. The number of amides is 1. The number of aromatic nitrogens is 3. The van der Waals surface area contributed by atoms with E-state index in [2.05, 4.69) is 41.5 Å². The summed E-state index contributed by atoms with van der Waals surface area (Å²) < 4.78 is 1.86. The second-order valence-electron chi connectivity index (χ2n) is 7.30. The number of thiazole rings is 1. The van der Waals surface area contributed by atoms with Gasteiger partial charge in [-0.15, -0.1) is 0 Å². The molecule has 4 rings (SSSR count). The van der Waals surface area contributed by atoms with Crippen molar-refractivity contribution < 1.29 is 4.79 Å². The molecule has 1 N–H and O–H groups in total. The van der Waals surface area contributed by atoms with Gasteiger partial charge in [-0.3, -0.25) is 4.79 Å². The summed E-state index contributed by atoms with van der Waals surface area (Å²) in [5.41, 5.74) is 6.28. The Balaban J connectivity index is 1.55. The Morgan fingerprint density at radius 2 is 1.57 bits per heavy atom. The van der Waals surface area contributed by atoms with Gasteiger partial charge in [-0.25, -0.2) is 9.67 Å². The first-order chi connectivity index (χ1) is 14.5. The monoisotopic (exact) mass is 416 g/mol. The molecule has 6 heteroatoms. The number of rotatable bonds is 6. The van der Waals surface area contributed by atoms with Crippen LogP contribution >= 0.6 is 11.3 Å². The Bertz CT molecular complexity index is 1160. The number of hydrogen-bond donors (Lipinski definition) is 1. The zero-order chi connectivity index (χ0) is 21.1. The predicted octanol–water partition coefficient (Wildman–Crippen LogP) is 4.77. The van der Waals surface area contributed by atoms with Crippen LogP contribution in [0.5, 0.6) is 0 Å². The molecule has 0 unspecified atom stereocenters. The predicted molar refractivity (Wildman–Crippen MR) is 120 cm³/mol. The molecule has 152 valence electrons. The molecule has 0 saturated carbocycles. The van der Waals surface area contributed by atoms with Crippen molar-refractivity contribution in [1.82, 2.24) is 20.1 Å². The molecule has 2 aromatic carbocycles. The van der Waals surface area contributed by atoms with Gasteiger partial charge in [-0.05, 0) is 31.9 Å². The van der Waals surface area contributed by atoms with Gasteiger partial charge in [0.2, 0.25) is 5.13 Å². The number of benzene rings is 2. The number of carbonyl (C=O) groups is 1. The van der Waals surface area contributed by atoms with E-state index in [9.17, 15) is 4.79 Å². The maximum Gasteiger partial charge on any atom is 0.263 e. The molecule has 4 aromatic rings. The average molecular weight is 417 g/mol. The Morgan fingerprint density at radius 3 is 2.23 bits per heavy atom. The van der Waals surface area contributed by atoms with E-state index >= 15 is 0 Å². The highest BCUT2D eigenvalue weighted by molar-refractivity contribution is 7.16. The molecule has 1 amide bonds. The summed E-state index contributed by atoms with van der Waals surface area (Å²) in [4.78, 5) is 18.0. The van der Waals surface area contributed by atoms with Crippen molar-refractivity contribution in [3.05, 3.63) is 99.3 Å². The van der Waals surface area contributed by atoms with Crippen LogP contribution in [0.1, 0.15) is 43.4 Å². The highest BCUT2D eigenvalue weighted by atomic mass is 32.1. The van der Waals surface area contributed by atoms with Gasteiger partial charge in [0.25, 0.3) is 5.91 Å². The van der Waals surface area contributed by atoms with Crippen LogP contribution in [0, 0.1) is 20.8 Å². The number of nitrogens with zero attached hydrogens (tertiary/aromatic N) is 3. The Kier molecular flexibility index (Phi) is 5.77. The molecule has 5 nitrogen and oxygen atoms in total. The number of carbonyl (C=O) groups excluding carboxylic acids is 1. The number of aryl methyl sites for hydroxylation is 2. The van der Waals surface area contributed by atoms with E-state index in [1.165, 1.54) is 22.5 Å². The molecule has 0 saturated heterocycles. The summed E-state index contributed by atoms with van der Waals surface area (Å²) in [6.45, 7) is 6.45. The minimum Gasteiger partial charge on any atom is -0.347 e. The zero-order valence-electron chi connectivity index (χ0n) is 17.3. The second kappa shape index (κ2) is 8.63. The summed E-state index contributed by atoms with van der Waals surface area (Å²) >= 11 is 1.38. The van der Waals surface area contributed by atoms with Gasteiger partial charge in [0, 0.05) is 24.2 Å². The second-order valence-corrected chi connectivity index (χ2v) is 8.28. The third-order valence-corrected chi connectivity index (χ3v) is 6.27. The Morgan fingerprint density at radius 1 is 0.933 bits per heavy atom. The molecule has 0 bridgehead atoms. The minimum atomic E-state index is -0.105. The SMILES string of the molecule is Cc1nc(-n2nc(C)c(Cc3ccccc3)c2C)sc1C(=O)NCc1ccccc1. The number of nitrogens with one attached hydrogen (secondary N) is 1. The highest BCUT2D eigenvalue weighted by Crippen LogP contribution is 2.26. The van der Waals surface area contributed by atoms with E-state index in [4.69, 9.17) is 5.10 Å². The molecule has 0 aliphatic carbocycles. The van der Waals surface area contributed by atoms with Crippen LogP contribution in [0.2, 0.25) is 0 Å². The van der Waals surface area contributed by atoms with Crippen molar-refractivity contribution in [2.75, 3.05) is 0 Å². The topological polar surface area (TPSA) is 59.8 Å². The van der Waals surface area contributed by atoms with Crippen molar-refractivity contribution in [3.8, 4) is 5.13 Å². The summed E-state index contributed by atoms with van der Waals surface area (Å²) in [6.07, 6.45) is 0.827. The smallest absolute Gasteiger partial charge is 0.263 e. The van der Waals surface area contributed by atoms with Crippen LogP contribution in [0.25, 0.3) is 5.13 Å². The summed E-state index contributed by atoms with van der Waals surface area (Å²) in [5, 5.41) is 8.42. The summed E-state index contributed by atoms with van der Waals surface area (Å²) in [5.74, 6) is -0.105. The zero-order valence-corrected chi connectivity index (χ0v) is 18.2. The molecule has 0 atom stereocenters. The van der Waals surface area contributed by atoms with Crippen LogP contribution in [0.15, 0.2) is 60.7 Å². The Labute approximate surface area is 180 Å². The fourth-order valence-corrected chi connectivity index (χ4v) is 4.45. The van der Waals surface area contributed by atoms with Gasteiger partial charge in [-0.2, -0.15) is 5.10 Å². The van der Waals surface area contributed by atoms with Gasteiger partial charge in [0.05, 0.1) is 11.4 Å². The molecule has 30 heavy (non-hydrogen) atoms. The molecule has 2 aromatic heterocycles. The summed E-state index contributed by atoms with van der Waals surface area (Å²) in [6, 6.07) is 20.3. The third kappa shape index (κ3) is 4.19. The average Bonchev–Trinajstić information content (AvgIpc) is 3.28. The molecule has 0 radical (unpaired) electrons. The van der Waals surface area contributed by atoms with Gasteiger partial charge < -0.3 is 5.32 Å². The van der Waals surface area contributed by atoms with E-state index in [1.807, 2.05) is 54.9 Å². The lowest BCUT2D eigenvalue weighted by molar-refractivity contribution is 0.0954. The maximum atomic E-state index is 12.7. The number of hydrogen-bond acceptors (Lipinski definition) is 4. The lowest BCUT2D eigenvalue weighted by atomic mass is 10.0. The van der Waals surface area contributed by atoms with E-state index in [-0.39, 0.29) is 5.91 Å². The van der Waals surface area contributed by atoms with E-state index in [0.717, 1.165) is 34.2 Å². The van der Waals surface area contributed by atoms with Gasteiger partial charge in [0.15, 0.2) is 0 Å². The lowest BCUT2D eigenvalue weighted by Crippen LogP contribution is -2.22. The van der Waals surface area contributed by atoms with Gasteiger partial charge in [0.1, 0.15) is 4.88 Å². The molecule has 0 aliphatic rings. The maximum absolute atomic E-state index is 12.7. The first-order valence-electron chi connectivity index (χ1n) is 9.92. The van der Waals surface area contributed by atoms with Crippen molar-refractivity contribution in [2.24, 2.45) is 0 Å². The molecular formula is C24H24N4OS. The van der Waals surface area contributed by atoms with Crippen molar-refractivity contribution in [1.29, 1.82) is 0 Å². The fraction of sp³-hybridized carbons (Fsp3) is 0.208. The van der Waals surface area contributed by atoms with Crippen molar-refractivity contribution in [2.45, 2.75) is 33.7 Å². The lowest BCUT2D eigenvalue weighted by Gasteiger charge is -2.04. The molecule has 0 spiro atoms. The van der Waals surface area contributed by atoms with Crippen molar-refractivity contribution in [3.63, 3.8) is 0 Å². The van der Waals surface area contributed by atoms with Crippen LogP contribution in [-0.4, -0.2) is 20.7 Å². The van der Waals surface area contributed by atoms with E-state index < -0.39 is 0 Å². The largest absolute Gasteiger partial charge is 0.347 e. The quantitative estimate of drug-likeness (QED) is 0.492. The first-order valence-corrected chi connectivity index (χ1v) is 10.7. The van der Waals surface area contributed by atoms with Gasteiger partial charge >= 0.3 is 0 Å². The molecule has 0 fully saturated rings. The van der Waals surface area contributed by atoms with Crippen LogP contribution in [0.3, 0.4) is 0 Å². The van der Waals surface area contributed by atoms with Crippen molar-refractivity contribution >= 4 is 17.2 Å². The van der Waals surface area contributed by atoms with Gasteiger partial charge in [-0.1, -0.05) is 72.0 Å². The standard InChI is InChI=1S/C24H24N4OS/c1-16-21(14-19-10-6-4-7-11-19)18(3)28(27-16)24-26-17(2)22(30-24)23(29)25-15-20-12-8-5-9-13-20/h4-13H,14-15H2,1-3H3,(H,25,29). The van der Waals surface area contributed by atoms with E-state index in [1.54, 1.807) is 0 Å². The van der Waals surface area contributed by atoms with Crippen LogP contribution in [0.4, 0.5) is 0 Å². The first kappa shape index (κ1) is 20.0. The molecule has 0 aliphatic heterocycles. The molecule has 2 heterocycles. The highest BCUT2D eigenvalue weighted by Gasteiger charge is 2.20. The van der Waals surface area contributed by atoms with Crippen LogP contribution < -0.4 is 5.32 Å². The van der Waals surface area contributed by atoms with Crippen LogP contribution in [-0.2, 0) is 13.0 Å². The fourth-order valence-electron chi connectivity index (χ4n) is 3.46. The normalized spacial score (nSPS) is 10.9. The Hall–Kier alpha value is -3.25.